The smallest absolute Gasteiger partial charge is 0.0160 e. The van der Waals surface area contributed by atoms with Crippen LogP contribution < -0.4 is 15.9 Å². The van der Waals surface area contributed by atoms with Crippen LogP contribution in [0.25, 0.3) is 6.08 Å². The van der Waals surface area contributed by atoms with Gasteiger partial charge in [-0.15, -0.1) is 12.4 Å². The van der Waals surface area contributed by atoms with E-state index < -0.39 is 7.26 Å². The van der Waals surface area contributed by atoms with Gasteiger partial charge >= 0.3 is 0 Å². The third-order valence-electron chi connectivity index (χ3n) is 4.78. The lowest BCUT2D eigenvalue weighted by molar-refractivity contribution is 1.66. The van der Waals surface area contributed by atoms with E-state index in [4.69, 9.17) is 0 Å². The van der Waals surface area contributed by atoms with Gasteiger partial charge in [0.15, 0.2) is 0 Å². The summed E-state index contributed by atoms with van der Waals surface area (Å²) in [7, 11) is -1.90. The minimum Gasteiger partial charge on any atom is -0.147 e. The maximum absolute atomic E-state index is 2.45. The third kappa shape index (κ3) is 4.09. The van der Waals surface area contributed by atoms with Crippen molar-refractivity contribution in [3.63, 3.8) is 0 Å². The quantitative estimate of drug-likeness (QED) is 0.356. The van der Waals surface area contributed by atoms with Crippen molar-refractivity contribution in [2.75, 3.05) is 0 Å². The predicted molar refractivity (Wildman–Crippen MR) is 128 cm³/mol. The Morgan fingerprint density at radius 2 is 0.750 bits per heavy atom. The Morgan fingerprint density at radius 3 is 1.11 bits per heavy atom. The van der Waals surface area contributed by atoms with Crippen LogP contribution in [0.3, 0.4) is 0 Å². The summed E-state index contributed by atoms with van der Waals surface area (Å²) >= 11 is 0. The van der Waals surface area contributed by atoms with Crippen molar-refractivity contribution in [3.8, 4) is 0 Å². The Bertz CT molecular complexity index is 901. The topological polar surface area (TPSA) is 0 Å². The van der Waals surface area contributed by atoms with Gasteiger partial charge in [0.1, 0.15) is 0 Å². The molecule has 0 aliphatic heterocycles. The van der Waals surface area contributed by atoms with Gasteiger partial charge in [0, 0.05) is 0 Å². The number of rotatable bonds is 5. The zero-order valence-electron chi connectivity index (χ0n) is 15.6. The summed E-state index contributed by atoms with van der Waals surface area (Å²) < 4.78 is 0. The molecule has 0 aliphatic rings. The molecule has 28 heavy (non-hydrogen) atoms. The second-order valence-corrected chi connectivity index (χ2v) is 9.75. The Kier molecular flexibility index (Phi) is 6.82. The van der Waals surface area contributed by atoms with Crippen molar-refractivity contribution in [1.82, 2.24) is 0 Å². The van der Waals surface area contributed by atoms with Gasteiger partial charge in [0.05, 0.1) is 0 Å². The van der Waals surface area contributed by atoms with Crippen molar-refractivity contribution in [2.45, 2.75) is 0 Å². The zero-order chi connectivity index (χ0) is 18.4. The molecular formula is C26H23ClP. The molecule has 0 amide bonds. The molecule has 0 fully saturated rings. The minimum atomic E-state index is -1.90. The molecule has 4 rings (SSSR count). The summed E-state index contributed by atoms with van der Waals surface area (Å²) in [6.45, 7) is 0. The van der Waals surface area contributed by atoms with E-state index in [1.54, 1.807) is 0 Å². The van der Waals surface area contributed by atoms with Crippen molar-refractivity contribution < 1.29 is 0 Å². The van der Waals surface area contributed by atoms with Crippen molar-refractivity contribution in [2.24, 2.45) is 0 Å². The van der Waals surface area contributed by atoms with Crippen LogP contribution in [0.5, 0.6) is 0 Å². The molecule has 0 bridgehead atoms. The summed E-state index contributed by atoms with van der Waals surface area (Å²) in [6.07, 6.45) is 2.28. The Balaban J connectivity index is 0.00000225. The molecule has 139 valence electrons. The highest BCUT2D eigenvalue weighted by Crippen LogP contribution is 2.57. The van der Waals surface area contributed by atoms with Crippen molar-refractivity contribution in [1.29, 1.82) is 0 Å². The van der Waals surface area contributed by atoms with Gasteiger partial charge in [-0.2, -0.15) is 0 Å². The highest BCUT2D eigenvalue weighted by Gasteiger charge is 2.31. The molecule has 2 heteroatoms. The molecule has 1 radical (unpaired) electrons. The molecule has 0 aliphatic carbocycles. The van der Waals surface area contributed by atoms with Crippen LogP contribution in [0.1, 0.15) is 5.56 Å². The first-order valence-corrected chi connectivity index (χ1v) is 11.1. The number of hydrogen-bond acceptors (Lipinski definition) is 0. The Hall–Kier alpha value is -2.66. The van der Waals surface area contributed by atoms with Gasteiger partial charge in [-0.05, 0) is 28.7 Å². The number of benzene rings is 4. The fourth-order valence-electron chi connectivity index (χ4n) is 3.46. The first-order chi connectivity index (χ1) is 13.4. The fraction of sp³-hybridized carbons (Fsp3) is 0. The molecular weight excluding hydrogens is 379 g/mol. The van der Waals surface area contributed by atoms with Gasteiger partial charge in [-0.25, -0.2) is 0 Å². The molecule has 0 saturated heterocycles. The van der Waals surface area contributed by atoms with Gasteiger partial charge in [0.2, 0.25) is 0 Å². The first-order valence-electron chi connectivity index (χ1n) is 9.19. The normalized spacial score (nSPS) is 11.1. The maximum Gasteiger partial charge on any atom is -0.0160 e. The molecule has 0 unspecified atom stereocenters. The molecule has 4 aromatic carbocycles. The summed E-state index contributed by atoms with van der Waals surface area (Å²) in [5.41, 5.74) is 1.23. The predicted octanol–water partition coefficient (Wildman–Crippen LogP) is 6.07. The number of halogens is 1. The zero-order valence-corrected chi connectivity index (χ0v) is 17.3. The van der Waals surface area contributed by atoms with E-state index >= 15 is 0 Å². The van der Waals surface area contributed by atoms with Gasteiger partial charge in [-0.1, -0.05) is 133 Å². The average molecular weight is 402 g/mol. The van der Waals surface area contributed by atoms with Crippen LogP contribution in [-0.2, 0) is 0 Å². The SMILES string of the molecule is C(=C[P](c1ccccc1)(c1ccccc1)c1ccccc1)c1ccccc1.Cl. The second kappa shape index (κ2) is 9.51. The van der Waals surface area contributed by atoms with Crippen LogP contribution in [0.4, 0.5) is 0 Å². The van der Waals surface area contributed by atoms with Gasteiger partial charge in [-0.3, -0.25) is 0 Å². The molecule has 0 heterocycles. The molecule has 0 nitrogen and oxygen atoms in total. The second-order valence-electron chi connectivity index (χ2n) is 6.46. The summed E-state index contributed by atoms with van der Waals surface area (Å²) in [5, 5.41) is 4.11. The molecule has 0 spiro atoms. The Labute approximate surface area is 174 Å². The Morgan fingerprint density at radius 1 is 0.429 bits per heavy atom. The molecule has 0 N–H and O–H groups in total. The lowest BCUT2D eigenvalue weighted by Crippen LogP contribution is -2.29. The van der Waals surface area contributed by atoms with Crippen LogP contribution in [-0.4, -0.2) is 0 Å². The molecule has 0 aromatic heterocycles. The van der Waals surface area contributed by atoms with Crippen LogP contribution in [0.15, 0.2) is 127 Å². The monoisotopic (exact) mass is 401 g/mol. The van der Waals surface area contributed by atoms with Crippen molar-refractivity contribution in [3.05, 3.63) is 133 Å². The van der Waals surface area contributed by atoms with Crippen molar-refractivity contribution >= 4 is 41.7 Å². The van der Waals surface area contributed by atoms with Crippen LogP contribution in [0.2, 0.25) is 0 Å². The van der Waals surface area contributed by atoms with E-state index in [1.807, 2.05) is 0 Å². The number of hydrogen-bond donors (Lipinski definition) is 0. The van der Waals surface area contributed by atoms with E-state index in [1.165, 1.54) is 21.5 Å². The first kappa shape index (κ1) is 20.1. The van der Waals surface area contributed by atoms with E-state index in [0.29, 0.717) is 0 Å². The third-order valence-corrected chi connectivity index (χ3v) is 8.71. The largest absolute Gasteiger partial charge is 0.147 e. The standard InChI is InChI=1S/C26H22P.ClH/c1-5-13-23(14-6-1)21-22-27(24-15-7-2-8-16-24,25-17-9-3-10-18-25)26-19-11-4-12-20-26;/h1-22H;1H. The molecule has 0 atom stereocenters. The highest BCUT2D eigenvalue weighted by atomic mass is 35.5. The maximum atomic E-state index is 2.45. The summed E-state index contributed by atoms with van der Waals surface area (Å²) in [4.78, 5) is 0. The van der Waals surface area contributed by atoms with Gasteiger partial charge in [0.25, 0.3) is 0 Å². The van der Waals surface area contributed by atoms with E-state index in [-0.39, 0.29) is 12.4 Å². The van der Waals surface area contributed by atoms with E-state index in [9.17, 15) is 0 Å². The molecule has 0 saturated carbocycles. The molecule has 4 aromatic rings. The minimum absolute atomic E-state index is 0. The van der Waals surface area contributed by atoms with Gasteiger partial charge < -0.3 is 0 Å². The summed E-state index contributed by atoms with van der Waals surface area (Å²) in [5.74, 6) is 2.45. The lowest BCUT2D eigenvalue weighted by atomic mass is 10.2. The van der Waals surface area contributed by atoms with E-state index in [2.05, 4.69) is 133 Å². The lowest BCUT2D eigenvalue weighted by Gasteiger charge is -2.35. The fourth-order valence-corrected chi connectivity index (χ4v) is 7.19. The van der Waals surface area contributed by atoms with Crippen LogP contribution >= 0.6 is 19.7 Å². The summed E-state index contributed by atoms with van der Waals surface area (Å²) in [6, 6.07) is 43.3. The highest BCUT2D eigenvalue weighted by molar-refractivity contribution is 7.98. The average Bonchev–Trinajstić information content (AvgIpc) is 2.77. The van der Waals surface area contributed by atoms with E-state index in [0.717, 1.165) is 0 Å². The van der Waals surface area contributed by atoms with Crippen LogP contribution in [0, 0.1) is 0 Å².